The molecule has 0 atom stereocenters. The SMILES string of the molecule is CN1CCN(c2ccccc2NC(=S)NC(=O)/C=C/c2ccco2)CC1. The Morgan fingerprint density at radius 2 is 1.92 bits per heavy atom. The van der Waals surface area contributed by atoms with E-state index in [9.17, 15) is 4.79 Å². The normalized spacial score (nSPS) is 15.2. The van der Waals surface area contributed by atoms with Crippen molar-refractivity contribution >= 4 is 40.7 Å². The van der Waals surface area contributed by atoms with Gasteiger partial charge < -0.3 is 19.5 Å². The van der Waals surface area contributed by atoms with Crippen LogP contribution in [0.4, 0.5) is 11.4 Å². The van der Waals surface area contributed by atoms with Gasteiger partial charge >= 0.3 is 0 Å². The van der Waals surface area contributed by atoms with Crippen molar-refractivity contribution in [2.45, 2.75) is 0 Å². The molecule has 1 fully saturated rings. The molecule has 7 heteroatoms. The van der Waals surface area contributed by atoms with Gasteiger partial charge in [-0.15, -0.1) is 0 Å². The highest BCUT2D eigenvalue weighted by Gasteiger charge is 2.17. The van der Waals surface area contributed by atoms with Crippen LogP contribution in [0.2, 0.25) is 0 Å². The fourth-order valence-electron chi connectivity index (χ4n) is 2.75. The van der Waals surface area contributed by atoms with E-state index in [0.29, 0.717) is 5.76 Å². The highest BCUT2D eigenvalue weighted by atomic mass is 32.1. The predicted molar refractivity (Wildman–Crippen MR) is 108 cm³/mol. The van der Waals surface area contributed by atoms with Crippen molar-refractivity contribution < 1.29 is 9.21 Å². The number of carbonyl (C=O) groups excluding carboxylic acids is 1. The monoisotopic (exact) mass is 370 g/mol. The van der Waals surface area contributed by atoms with Gasteiger partial charge in [-0.25, -0.2) is 0 Å². The molecule has 0 unspecified atom stereocenters. The molecule has 1 aliphatic heterocycles. The van der Waals surface area contributed by atoms with E-state index in [1.807, 2.05) is 18.2 Å². The second kappa shape index (κ2) is 8.64. The van der Waals surface area contributed by atoms with E-state index < -0.39 is 0 Å². The van der Waals surface area contributed by atoms with E-state index in [0.717, 1.165) is 37.6 Å². The van der Waals surface area contributed by atoms with Crippen molar-refractivity contribution in [2.75, 3.05) is 43.4 Å². The minimum Gasteiger partial charge on any atom is -0.465 e. The number of carbonyl (C=O) groups is 1. The fraction of sp³-hybridized carbons (Fsp3) is 0.263. The molecule has 0 aliphatic carbocycles. The molecule has 1 amide bonds. The van der Waals surface area contributed by atoms with Crippen molar-refractivity contribution in [1.29, 1.82) is 0 Å². The van der Waals surface area contributed by atoms with Crippen LogP contribution in [-0.4, -0.2) is 49.1 Å². The smallest absolute Gasteiger partial charge is 0.250 e. The second-order valence-electron chi connectivity index (χ2n) is 6.10. The number of hydrogen-bond acceptors (Lipinski definition) is 5. The Kier molecular flexibility index (Phi) is 6.04. The summed E-state index contributed by atoms with van der Waals surface area (Å²) in [4.78, 5) is 16.6. The maximum absolute atomic E-state index is 12.0. The molecule has 2 aromatic rings. The number of piperazine rings is 1. The summed E-state index contributed by atoms with van der Waals surface area (Å²) in [6.45, 7) is 3.96. The molecule has 2 N–H and O–H groups in total. The molecule has 0 radical (unpaired) electrons. The van der Waals surface area contributed by atoms with Crippen LogP contribution in [-0.2, 0) is 4.79 Å². The maximum Gasteiger partial charge on any atom is 0.250 e. The Hall–Kier alpha value is -2.64. The van der Waals surface area contributed by atoms with E-state index in [2.05, 4.69) is 33.5 Å². The Balaban J connectivity index is 1.60. The number of nitrogens with one attached hydrogen (secondary N) is 2. The summed E-state index contributed by atoms with van der Waals surface area (Å²) in [6, 6.07) is 11.5. The molecule has 0 saturated carbocycles. The molecule has 3 rings (SSSR count). The van der Waals surface area contributed by atoms with Gasteiger partial charge in [0.15, 0.2) is 5.11 Å². The van der Waals surface area contributed by atoms with E-state index in [1.54, 1.807) is 24.5 Å². The zero-order valence-electron chi connectivity index (χ0n) is 14.6. The van der Waals surface area contributed by atoms with Gasteiger partial charge in [0.2, 0.25) is 5.91 Å². The molecular formula is C19H22N4O2S. The maximum atomic E-state index is 12.0. The number of nitrogens with zero attached hydrogens (tertiary/aromatic N) is 2. The Bertz CT molecular complexity index is 781. The number of hydrogen-bond donors (Lipinski definition) is 2. The summed E-state index contributed by atoms with van der Waals surface area (Å²) < 4.78 is 5.15. The third-order valence-corrected chi connectivity index (χ3v) is 4.38. The average Bonchev–Trinajstić information content (AvgIpc) is 3.15. The topological polar surface area (TPSA) is 60.8 Å². The molecule has 6 nitrogen and oxygen atoms in total. The number of para-hydroxylation sites is 2. The Morgan fingerprint density at radius 1 is 1.15 bits per heavy atom. The molecule has 26 heavy (non-hydrogen) atoms. The first kappa shape index (κ1) is 18.2. The van der Waals surface area contributed by atoms with E-state index in [-0.39, 0.29) is 11.0 Å². The lowest BCUT2D eigenvalue weighted by Gasteiger charge is -2.35. The largest absolute Gasteiger partial charge is 0.465 e. The summed E-state index contributed by atoms with van der Waals surface area (Å²) in [5.41, 5.74) is 1.97. The van der Waals surface area contributed by atoms with Crippen molar-refractivity contribution in [3.8, 4) is 0 Å². The molecule has 136 valence electrons. The summed E-state index contributed by atoms with van der Waals surface area (Å²) >= 11 is 5.28. The number of benzene rings is 1. The first-order valence-electron chi connectivity index (χ1n) is 8.48. The summed E-state index contributed by atoms with van der Waals surface area (Å²) in [5.74, 6) is 0.301. The van der Waals surface area contributed by atoms with Crippen LogP contribution >= 0.6 is 12.2 Å². The third-order valence-electron chi connectivity index (χ3n) is 4.18. The van der Waals surface area contributed by atoms with Crippen LogP contribution in [0.25, 0.3) is 6.08 Å². The van der Waals surface area contributed by atoms with Gasteiger partial charge in [-0.2, -0.15) is 0 Å². The van der Waals surface area contributed by atoms with Crippen LogP contribution in [0.1, 0.15) is 5.76 Å². The van der Waals surface area contributed by atoms with E-state index >= 15 is 0 Å². The van der Waals surface area contributed by atoms with Crippen LogP contribution < -0.4 is 15.5 Å². The Labute approximate surface area is 158 Å². The van der Waals surface area contributed by atoms with Crippen molar-refractivity contribution in [3.05, 3.63) is 54.5 Å². The highest BCUT2D eigenvalue weighted by molar-refractivity contribution is 7.80. The third kappa shape index (κ3) is 4.93. The predicted octanol–water partition coefficient (Wildman–Crippen LogP) is 2.56. The van der Waals surface area contributed by atoms with Gasteiger partial charge in [-0.1, -0.05) is 12.1 Å². The van der Waals surface area contributed by atoms with Gasteiger partial charge in [-0.3, -0.25) is 10.1 Å². The number of rotatable bonds is 4. The van der Waals surface area contributed by atoms with Crippen molar-refractivity contribution in [1.82, 2.24) is 10.2 Å². The lowest BCUT2D eigenvalue weighted by molar-refractivity contribution is -0.115. The molecule has 2 heterocycles. The second-order valence-corrected chi connectivity index (χ2v) is 6.51. The molecule has 1 saturated heterocycles. The molecule has 1 aromatic heterocycles. The number of furan rings is 1. The molecule has 1 aromatic carbocycles. The molecular weight excluding hydrogens is 348 g/mol. The van der Waals surface area contributed by atoms with Gasteiger partial charge in [0.05, 0.1) is 17.6 Å². The van der Waals surface area contributed by atoms with Crippen LogP contribution in [0.5, 0.6) is 0 Å². The van der Waals surface area contributed by atoms with Gasteiger partial charge in [0.1, 0.15) is 5.76 Å². The summed E-state index contributed by atoms with van der Waals surface area (Å²) in [5, 5.41) is 6.05. The van der Waals surface area contributed by atoms with Gasteiger partial charge in [-0.05, 0) is 49.6 Å². The number of anilines is 2. The van der Waals surface area contributed by atoms with Crippen LogP contribution in [0, 0.1) is 0 Å². The zero-order chi connectivity index (χ0) is 18.4. The lowest BCUT2D eigenvalue weighted by Crippen LogP contribution is -2.45. The standard InChI is InChI=1S/C19H22N4O2S/c1-22-10-12-23(13-11-22)17-7-3-2-6-16(17)20-19(26)21-18(24)9-8-15-5-4-14-25-15/h2-9,14H,10-13H2,1H3,(H2,20,21,24,26)/b9-8+. The molecule has 1 aliphatic rings. The number of likely N-dealkylation sites (N-methyl/N-ethyl adjacent to an activating group) is 1. The van der Waals surface area contributed by atoms with Gasteiger partial charge in [0.25, 0.3) is 0 Å². The van der Waals surface area contributed by atoms with Crippen molar-refractivity contribution in [3.63, 3.8) is 0 Å². The van der Waals surface area contributed by atoms with E-state index in [4.69, 9.17) is 16.6 Å². The summed E-state index contributed by atoms with van der Waals surface area (Å²) in [7, 11) is 2.13. The van der Waals surface area contributed by atoms with Crippen molar-refractivity contribution in [2.24, 2.45) is 0 Å². The van der Waals surface area contributed by atoms with Crippen LogP contribution in [0.3, 0.4) is 0 Å². The number of amides is 1. The fourth-order valence-corrected chi connectivity index (χ4v) is 2.96. The Morgan fingerprint density at radius 3 is 2.65 bits per heavy atom. The van der Waals surface area contributed by atoms with E-state index in [1.165, 1.54) is 6.08 Å². The highest BCUT2D eigenvalue weighted by Crippen LogP contribution is 2.26. The molecule has 0 bridgehead atoms. The first-order valence-corrected chi connectivity index (χ1v) is 8.89. The van der Waals surface area contributed by atoms with Crippen LogP contribution in [0.15, 0.2) is 53.2 Å². The van der Waals surface area contributed by atoms with Gasteiger partial charge in [0, 0.05) is 32.3 Å². The average molecular weight is 370 g/mol. The minimum atomic E-state index is -0.309. The summed E-state index contributed by atoms with van der Waals surface area (Å²) in [6.07, 6.45) is 4.54. The number of thiocarbonyl (C=S) groups is 1. The first-order chi connectivity index (χ1) is 12.6. The molecule has 0 spiro atoms. The lowest BCUT2D eigenvalue weighted by atomic mass is 10.2. The minimum absolute atomic E-state index is 0.265. The quantitative estimate of drug-likeness (QED) is 0.637. The zero-order valence-corrected chi connectivity index (χ0v) is 15.5.